The zero-order valence-electron chi connectivity index (χ0n) is 16.1. The fraction of sp³-hybridized carbons (Fsp3) is 0.778. The maximum atomic E-state index is 12.6. The van der Waals surface area contributed by atoms with Gasteiger partial charge in [-0.15, -0.1) is 11.3 Å². The van der Waals surface area contributed by atoms with Crippen LogP contribution in [0, 0.1) is 0 Å². The van der Waals surface area contributed by atoms with Crippen molar-refractivity contribution in [3.63, 3.8) is 0 Å². The second kappa shape index (κ2) is 9.41. The number of guanidine groups is 1. The number of aromatic nitrogens is 1. The first-order valence-corrected chi connectivity index (χ1v) is 10.6. The monoisotopic (exact) mass is 419 g/mol. The summed E-state index contributed by atoms with van der Waals surface area (Å²) in [6.45, 7) is 5.06. The van der Waals surface area contributed by atoms with Crippen LogP contribution in [0.4, 0.5) is 13.2 Å². The first kappa shape index (κ1) is 21.3. The smallest absolute Gasteiger partial charge is 0.381 e. The number of ether oxygens (including phenoxy) is 1. The van der Waals surface area contributed by atoms with Crippen LogP contribution in [-0.4, -0.2) is 67.8 Å². The lowest BCUT2D eigenvalue weighted by molar-refractivity contribution is -0.140. The second-order valence-corrected chi connectivity index (χ2v) is 8.20. The molecule has 0 bridgehead atoms. The van der Waals surface area contributed by atoms with Gasteiger partial charge in [0.15, 0.2) is 11.7 Å². The molecule has 10 heteroatoms. The number of rotatable bonds is 6. The van der Waals surface area contributed by atoms with Crippen LogP contribution in [0.5, 0.6) is 0 Å². The van der Waals surface area contributed by atoms with E-state index in [9.17, 15) is 13.2 Å². The van der Waals surface area contributed by atoms with E-state index in [4.69, 9.17) is 4.74 Å². The molecule has 0 saturated carbocycles. The third-order valence-corrected chi connectivity index (χ3v) is 6.39. The highest BCUT2D eigenvalue weighted by atomic mass is 32.1. The molecule has 1 aromatic rings. The summed E-state index contributed by atoms with van der Waals surface area (Å²) in [6.07, 6.45) is 0.513. The lowest BCUT2D eigenvalue weighted by atomic mass is 9.88. The second-order valence-electron chi connectivity index (χ2n) is 7.26. The molecule has 3 rings (SSSR count). The Morgan fingerprint density at radius 2 is 2.00 bits per heavy atom. The minimum atomic E-state index is -4.38. The van der Waals surface area contributed by atoms with Crippen molar-refractivity contribution < 1.29 is 17.9 Å². The molecule has 158 valence electrons. The van der Waals surface area contributed by atoms with Crippen LogP contribution in [0.2, 0.25) is 0 Å². The molecular weight excluding hydrogens is 391 g/mol. The average Bonchev–Trinajstić information content (AvgIpc) is 3.37. The van der Waals surface area contributed by atoms with Crippen molar-refractivity contribution in [3.05, 3.63) is 16.1 Å². The topological polar surface area (TPSA) is 61.8 Å². The minimum Gasteiger partial charge on any atom is -0.381 e. The van der Waals surface area contributed by atoms with Crippen LogP contribution in [-0.2, 0) is 17.3 Å². The summed E-state index contributed by atoms with van der Waals surface area (Å²) in [5.41, 5.74) is -0.731. The van der Waals surface area contributed by atoms with Gasteiger partial charge in [-0.1, -0.05) is 0 Å². The van der Waals surface area contributed by atoms with Crippen molar-refractivity contribution in [2.75, 3.05) is 46.4 Å². The molecule has 0 amide bonds. The number of hydrogen-bond acceptors (Lipinski definition) is 5. The van der Waals surface area contributed by atoms with Crippen molar-refractivity contribution >= 4 is 17.3 Å². The summed E-state index contributed by atoms with van der Waals surface area (Å²) >= 11 is 1.04. The fourth-order valence-corrected chi connectivity index (χ4v) is 4.67. The molecule has 3 heterocycles. The Morgan fingerprint density at radius 3 is 2.61 bits per heavy atom. The molecule has 0 atom stereocenters. The molecule has 28 heavy (non-hydrogen) atoms. The van der Waals surface area contributed by atoms with Gasteiger partial charge in [-0.05, 0) is 38.8 Å². The van der Waals surface area contributed by atoms with Crippen molar-refractivity contribution in [1.82, 2.24) is 20.5 Å². The van der Waals surface area contributed by atoms with E-state index in [1.165, 1.54) is 12.8 Å². The quantitative estimate of drug-likeness (QED) is 0.548. The molecule has 0 spiro atoms. The summed E-state index contributed by atoms with van der Waals surface area (Å²) < 4.78 is 43.5. The van der Waals surface area contributed by atoms with Gasteiger partial charge in [0.1, 0.15) is 0 Å². The highest BCUT2D eigenvalue weighted by molar-refractivity contribution is 7.09. The van der Waals surface area contributed by atoms with E-state index < -0.39 is 11.9 Å². The van der Waals surface area contributed by atoms with E-state index in [0.29, 0.717) is 23.9 Å². The Balaban J connectivity index is 1.49. The Kier molecular flexibility index (Phi) is 7.16. The Bertz CT molecular complexity index is 652. The molecule has 2 fully saturated rings. The number of aliphatic imine (C=N–C) groups is 1. The Morgan fingerprint density at radius 1 is 1.29 bits per heavy atom. The van der Waals surface area contributed by atoms with Crippen LogP contribution in [0.1, 0.15) is 36.4 Å². The molecule has 0 radical (unpaired) electrons. The van der Waals surface area contributed by atoms with Gasteiger partial charge in [0, 0.05) is 50.7 Å². The first-order valence-electron chi connectivity index (χ1n) is 9.72. The zero-order chi connectivity index (χ0) is 20.0. The molecule has 2 saturated heterocycles. The van der Waals surface area contributed by atoms with E-state index >= 15 is 0 Å². The van der Waals surface area contributed by atoms with Crippen molar-refractivity contribution in [2.45, 2.75) is 43.8 Å². The molecule has 0 unspecified atom stereocenters. The van der Waals surface area contributed by atoms with Crippen molar-refractivity contribution in [1.29, 1.82) is 0 Å². The SMILES string of the molecule is CN=C(NCCc1nc(C(F)(F)F)cs1)NCC1(N2CCCC2)CCOCC1. The molecule has 6 nitrogen and oxygen atoms in total. The third-order valence-electron chi connectivity index (χ3n) is 5.48. The Labute approximate surface area is 167 Å². The highest BCUT2D eigenvalue weighted by Gasteiger charge is 2.39. The van der Waals surface area contributed by atoms with E-state index in [0.717, 1.165) is 62.4 Å². The molecule has 0 aliphatic carbocycles. The maximum Gasteiger partial charge on any atom is 0.434 e. The largest absolute Gasteiger partial charge is 0.434 e. The predicted octanol–water partition coefficient (Wildman–Crippen LogP) is 2.51. The number of alkyl halides is 3. The van der Waals surface area contributed by atoms with Crippen molar-refractivity contribution in [2.24, 2.45) is 4.99 Å². The van der Waals surface area contributed by atoms with Gasteiger partial charge in [0.25, 0.3) is 0 Å². The average molecular weight is 420 g/mol. The van der Waals surface area contributed by atoms with Crippen molar-refractivity contribution in [3.8, 4) is 0 Å². The van der Waals surface area contributed by atoms with Crippen LogP contribution >= 0.6 is 11.3 Å². The van der Waals surface area contributed by atoms with E-state index in [-0.39, 0.29) is 5.54 Å². The lowest BCUT2D eigenvalue weighted by Gasteiger charge is -2.45. The third kappa shape index (κ3) is 5.36. The highest BCUT2D eigenvalue weighted by Crippen LogP contribution is 2.31. The van der Waals surface area contributed by atoms with Crippen LogP contribution in [0.25, 0.3) is 0 Å². The lowest BCUT2D eigenvalue weighted by Crippen LogP contribution is -2.58. The molecule has 1 aromatic heterocycles. The summed E-state index contributed by atoms with van der Waals surface area (Å²) in [4.78, 5) is 10.5. The summed E-state index contributed by atoms with van der Waals surface area (Å²) in [6, 6.07) is 0. The van der Waals surface area contributed by atoms with Gasteiger partial charge < -0.3 is 15.4 Å². The fourth-order valence-electron chi connectivity index (χ4n) is 3.86. The van der Waals surface area contributed by atoms with E-state index in [2.05, 4.69) is 25.5 Å². The molecule has 2 aliphatic rings. The number of halogens is 3. The molecule has 2 N–H and O–H groups in total. The maximum absolute atomic E-state index is 12.6. The minimum absolute atomic E-state index is 0.0866. The Hall–Kier alpha value is -1.39. The van der Waals surface area contributed by atoms with Gasteiger partial charge in [-0.25, -0.2) is 4.98 Å². The standard InChI is InChI=1S/C18H28F3N5OS/c1-22-16(23-7-4-15-25-14(12-28-15)18(19,20)21)24-13-17(5-10-27-11-6-17)26-8-2-3-9-26/h12H,2-11,13H2,1H3,(H2,22,23,24). The van der Waals surface area contributed by atoms with Crippen LogP contribution in [0.3, 0.4) is 0 Å². The van der Waals surface area contributed by atoms with Gasteiger partial charge in [-0.2, -0.15) is 13.2 Å². The molecule has 2 aliphatic heterocycles. The number of nitrogens with one attached hydrogen (secondary N) is 2. The van der Waals surface area contributed by atoms with Crippen LogP contribution < -0.4 is 10.6 Å². The van der Waals surface area contributed by atoms with Gasteiger partial charge in [-0.3, -0.25) is 9.89 Å². The summed E-state index contributed by atoms with van der Waals surface area (Å²) in [7, 11) is 1.70. The van der Waals surface area contributed by atoms with Gasteiger partial charge >= 0.3 is 6.18 Å². The molecular formula is C18H28F3N5OS. The number of hydrogen-bond donors (Lipinski definition) is 2. The summed E-state index contributed by atoms with van der Waals surface area (Å²) in [5, 5.41) is 8.13. The zero-order valence-corrected chi connectivity index (χ0v) is 17.0. The number of thiazole rings is 1. The molecule has 0 aromatic carbocycles. The van der Waals surface area contributed by atoms with E-state index in [1.807, 2.05) is 0 Å². The van der Waals surface area contributed by atoms with E-state index in [1.54, 1.807) is 7.05 Å². The first-order chi connectivity index (χ1) is 13.4. The van der Waals surface area contributed by atoms with Gasteiger partial charge in [0.2, 0.25) is 0 Å². The van der Waals surface area contributed by atoms with Crippen LogP contribution in [0.15, 0.2) is 10.4 Å². The predicted molar refractivity (Wildman–Crippen MR) is 104 cm³/mol. The summed E-state index contributed by atoms with van der Waals surface area (Å²) in [5.74, 6) is 0.665. The normalized spacial score (nSPS) is 21.1. The number of nitrogens with zero attached hydrogens (tertiary/aromatic N) is 3. The van der Waals surface area contributed by atoms with Gasteiger partial charge in [0.05, 0.1) is 5.01 Å². The number of likely N-dealkylation sites (tertiary alicyclic amines) is 1.